The highest BCUT2D eigenvalue weighted by Crippen LogP contribution is 2.32. The number of halogens is 3. The van der Waals surface area contributed by atoms with Crippen molar-refractivity contribution in [2.24, 2.45) is 5.73 Å². The van der Waals surface area contributed by atoms with Gasteiger partial charge in [0.25, 0.3) is 0 Å². The van der Waals surface area contributed by atoms with Crippen molar-refractivity contribution < 1.29 is 22.8 Å². The van der Waals surface area contributed by atoms with Crippen LogP contribution >= 0.6 is 0 Å². The Hall–Kier alpha value is -2.09. The number of amides is 2. The average Bonchev–Trinajstić information content (AvgIpc) is 2.42. The molecule has 1 heterocycles. The lowest BCUT2D eigenvalue weighted by Crippen LogP contribution is -2.55. The summed E-state index contributed by atoms with van der Waals surface area (Å²) in [6, 6.07) is 4.36. The molecule has 0 aromatic heterocycles. The molecule has 0 saturated carbocycles. The first-order valence-corrected chi connectivity index (χ1v) is 6.74. The Morgan fingerprint density at radius 2 is 2.05 bits per heavy atom. The molecule has 1 fully saturated rings. The van der Waals surface area contributed by atoms with Gasteiger partial charge in [0.1, 0.15) is 0 Å². The molecular formula is C14H16F3N3O2. The number of carbonyl (C=O) groups is 2. The number of hydrogen-bond acceptors (Lipinski definition) is 3. The van der Waals surface area contributed by atoms with Gasteiger partial charge in [0, 0.05) is 19.6 Å². The van der Waals surface area contributed by atoms with Gasteiger partial charge in [-0.05, 0) is 11.6 Å². The van der Waals surface area contributed by atoms with Crippen LogP contribution in [0.2, 0.25) is 0 Å². The number of hydrogen-bond donors (Lipinski definition) is 2. The largest absolute Gasteiger partial charge is 0.416 e. The van der Waals surface area contributed by atoms with Crippen LogP contribution in [-0.2, 0) is 22.3 Å². The molecule has 1 aliphatic rings. The van der Waals surface area contributed by atoms with E-state index in [-0.39, 0.29) is 18.5 Å². The number of primary amides is 1. The maximum atomic E-state index is 13.0. The van der Waals surface area contributed by atoms with Crippen molar-refractivity contribution in [2.75, 3.05) is 13.1 Å². The average molecular weight is 315 g/mol. The minimum atomic E-state index is -4.46. The molecule has 0 radical (unpaired) electrons. The predicted octanol–water partition coefficient (Wildman–Crippen LogP) is 0.881. The third-order valence-electron chi connectivity index (χ3n) is 3.53. The fraction of sp³-hybridized carbons (Fsp3) is 0.429. The van der Waals surface area contributed by atoms with Gasteiger partial charge in [-0.15, -0.1) is 0 Å². The fourth-order valence-electron chi connectivity index (χ4n) is 2.52. The second-order valence-electron chi connectivity index (χ2n) is 5.10. The fourth-order valence-corrected chi connectivity index (χ4v) is 2.52. The van der Waals surface area contributed by atoms with Gasteiger partial charge in [-0.25, -0.2) is 0 Å². The zero-order valence-electron chi connectivity index (χ0n) is 11.7. The lowest BCUT2D eigenvalue weighted by atomic mass is 10.0. The first-order valence-electron chi connectivity index (χ1n) is 6.74. The predicted molar refractivity (Wildman–Crippen MR) is 72.5 cm³/mol. The Morgan fingerprint density at radius 3 is 2.68 bits per heavy atom. The molecule has 1 aromatic rings. The third-order valence-corrected chi connectivity index (χ3v) is 3.53. The van der Waals surface area contributed by atoms with Crippen molar-refractivity contribution in [3.63, 3.8) is 0 Å². The van der Waals surface area contributed by atoms with Crippen LogP contribution in [0, 0.1) is 0 Å². The maximum absolute atomic E-state index is 13.0. The molecule has 0 unspecified atom stereocenters. The number of benzene rings is 1. The highest BCUT2D eigenvalue weighted by molar-refractivity contribution is 5.88. The van der Waals surface area contributed by atoms with E-state index >= 15 is 0 Å². The molecule has 1 saturated heterocycles. The summed E-state index contributed by atoms with van der Waals surface area (Å²) in [4.78, 5) is 24.5. The summed E-state index contributed by atoms with van der Waals surface area (Å²) in [5, 5.41) is 2.59. The van der Waals surface area contributed by atoms with Crippen LogP contribution in [-0.4, -0.2) is 35.8 Å². The lowest BCUT2D eigenvalue weighted by molar-refractivity contribution is -0.139. The molecule has 8 heteroatoms. The summed E-state index contributed by atoms with van der Waals surface area (Å²) in [5.74, 6) is -1.06. The third kappa shape index (κ3) is 3.76. The topological polar surface area (TPSA) is 75.4 Å². The molecule has 1 aliphatic heterocycles. The summed E-state index contributed by atoms with van der Waals surface area (Å²) in [6.45, 7) is 0.610. The van der Waals surface area contributed by atoms with E-state index in [0.717, 1.165) is 6.07 Å². The quantitative estimate of drug-likeness (QED) is 0.866. The Labute approximate surface area is 125 Å². The number of carbonyl (C=O) groups excluding carboxylic acids is 2. The van der Waals surface area contributed by atoms with E-state index in [2.05, 4.69) is 5.32 Å². The lowest BCUT2D eigenvalue weighted by Gasteiger charge is -2.34. The van der Waals surface area contributed by atoms with Gasteiger partial charge in [-0.1, -0.05) is 18.2 Å². The Bertz CT molecular complexity index is 575. The highest BCUT2D eigenvalue weighted by atomic mass is 19.4. The van der Waals surface area contributed by atoms with Crippen LogP contribution in [0.25, 0.3) is 0 Å². The van der Waals surface area contributed by atoms with Crippen LogP contribution in [0.4, 0.5) is 13.2 Å². The van der Waals surface area contributed by atoms with Crippen LogP contribution < -0.4 is 11.1 Å². The van der Waals surface area contributed by atoms with E-state index in [1.807, 2.05) is 0 Å². The van der Waals surface area contributed by atoms with Gasteiger partial charge in [0.05, 0.1) is 18.0 Å². The molecule has 2 rings (SSSR count). The molecular weight excluding hydrogens is 299 g/mol. The van der Waals surface area contributed by atoms with Crippen molar-refractivity contribution >= 4 is 11.8 Å². The zero-order chi connectivity index (χ0) is 16.3. The number of nitrogens with one attached hydrogen (secondary N) is 1. The van der Waals surface area contributed by atoms with Crippen molar-refractivity contribution in [1.29, 1.82) is 0 Å². The second kappa shape index (κ2) is 6.35. The van der Waals surface area contributed by atoms with E-state index in [9.17, 15) is 22.8 Å². The van der Waals surface area contributed by atoms with Gasteiger partial charge < -0.3 is 11.1 Å². The first-order chi connectivity index (χ1) is 10.3. The smallest absolute Gasteiger partial charge is 0.370 e. The molecule has 2 amide bonds. The summed E-state index contributed by atoms with van der Waals surface area (Å²) >= 11 is 0. The van der Waals surface area contributed by atoms with E-state index in [4.69, 9.17) is 5.73 Å². The van der Waals surface area contributed by atoms with Crippen molar-refractivity contribution in [1.82, 2.24) is 10.2 Å². The highest BCUT2D eigenvalue weighted by Gasteiger charge is 2.36. The van der Waals surface area contributed by atoms with Gasteiger partial charge in [-0.3, -0.25) is 14.5 Å². The van der Waals surface area contributed by atoms with Crippen LogP contribution in [0.1, 0.15) is 17.5 Å². The van der Waals surface area contributed by atoms with Crippen molar-refractivity contribution in [3.05, 3.63) is 35.4 Å². The van der Waals surface area contributed by atoms with E-state index in [0.29, 0.717) is 13.1 Å². The maximum Gasteiger partial charge on any atom is 0.416 e. The SMILES string of the molecule is NC(=O)C[C@@H]1C(=O)NCCN1Cc1ccccc1C(F)(F)F. The normalized spacial score (nSPS) is 19.8. The van der Waals surface area contributed by atoms with Gasteiger partial charge in [-0.2, -0.15) is 13.2 Å². The number of rotatable bonds is 4. The molecule has 3 N–H and O–H groups in total. The molecule has 0 aliphatic carbocycles. The minimum absolute atomic E-state index is 0.0684. The Balaban J connectivity index is 2.24. The second-order valence-corrected chi connectivity index (χ2v) is 5.10. The van der Waals surface area contributed by atoms with E-state index in [1.165, 1.54) is 18.2 Å². The number of nitrogens with zero attached hydrogens (tertiary/aromatic N) is 1. The molecule has 1 atom stereocenters. The Morgan fingerprint density at radius 1 is 1.36 bits per heavy atom. The molecule has 1 aromatic carbocycles. The number of piperazine rings is 1. The van der Waals surface area contributed by atoms with Crippen LogP contribution in [0.15, 0.2) is 24.3 Å². The van der Waals surface area contributed by atoms with Crippen molar-refractivity contribution in [2.45, 2.75) is 25.2 Å². The summed E-state index contributed by atoms with van der Waals surface area (Å²) in [5.41, 5.74) is 4.45. The number of nitrogens with two attached hydrogens (primary N) is 1. The van der Waals surface area contributed by atoms with E-state index < -0.39 is 29.6 Å². The van der Waals surface area contributed by atoms with Gasteiger partial charge in [0.2, 0.25) is 11.8 Å². The van der Waals surface area contributed by atoms with Crippen LogP contribution in [0.3, 0.4) is 0 Å². The van der Waals surface area contributed by atoms with Crippen molar-refractivity contribution in [3.8, 4) is 0 Å². The molecule has 22 heavy (non-hydrogen) atoms. The zero-order valence-corrected chi connectivity index (χ0v) is 11.7. The summed E-state index contributed by atoms with van der Waals surface area (Å²) in [7, 11) is 0. The van der Waals surface area contributed by atoms with Gasteiger partial charge in [0.15, 0.2) is 0 Å². The minimum Gasteiger partial charge on any atom is -0.370 e. The standard InChI is InChI=1S/C14H16F3N3O2/c15-14(16,17)10-4-2-1-3-9(10)8-20-6-5-19-13(22)11(20)7-12(18)21/h1-4,11H,5-8H2,(H2,18,21)(H,19,22)/t11-/m1/s1. The molecule has 0 bridgehead atoms. The molecule has 120 valence electrons. The summed E-state index contributed by atoms with van der Waals surface area (Å²) < 4.78 is 39.0. The van der Waals surface area contributed by atoms with E-state index in [1.54, 1.807) is 4.90 Å². The monoisotopic (exact) mass is 315 g/mol. The Kier molecular flexibility index (Phi) is 4.70. The van der Waals surface area contributed by atoms with Crippen LogP contribution in [0.5, 0.6) is 0 Å². The van der Waals surface area contributed by atoms with Gasteiger partial charge >= 0.3 is 6.18 Å². The molecule has 0 spiro atoms. The molecule has 5 nitrogen and oxygen atoms in total. The first kappa shape index (κ1) is 16.3. The number of alkyl halides is 3. The summed E-state index contributed by atoms with van der Waals surface area (Å²) in [6.07, 6.45) is -4.69.